The topological polar surface area (TPSA) is 56.4 Å². The van der Waals surface area contributed by atoms with Gasteiger partial charge in [-0.05, 0) is 55.0 Å². The summed E-state index contributed by atoms with van der Waals surface area (Å²) in [6, 6.07) is 11.6. The average Bonchev–Trinajstić information content (AvgIpc) is 3.38. The zero-order valence-electron chi connectivity index (χ0n) is 16.7. The van der Waals surface area contributed by atoms with E-state index in [0.717, 1.165) is 36.7 Å². The molecule has 6 heteroatoms. The van der Waals surface area contributed by atoms with Crippen molar-refractivity contribution in [2.45, 2.75) is 44.2 Å². The van der Waals surface area contributed by atoms with E-state index in [9.17, 15) is 9.18 Å². The molecule has 5 rings (SSSR count). The molecular weight excluding hydrogens is 367 g/mol. The molecule has 2 saturated heterocycles. The second-order valence-corrected chi connectivity index (χ2v) is 8.55. The molecule has 0 radical (unpaired) electrons. The highest BCUT2D eigenvalue weighted by atomic mass is 19.1. The minimum Gasteiger partial charge on any atom is -0.373 e. The maximum absolute atomic E-state index is 14.1. The molecule has 0 aliphatic carbocycles. The highest BCUT2D eigenvalue weighted by molar-refractivity contribution is 5.98. The van der Waals surface area contributed by atoms with E-state index in [1.807, 2.05) is 19.1 Å². The first-order valence-corrected chi connectivity index (χ1v) is 10.5. The van der Waals surface area contributed by atoms with Crippen LogP contribution in [0.15, 0.2) is 36.4 Å². The van der Waals surface area contributed by atoms with Crippen LogP contribution in [-0.4, -0.2) is 42.6 Å². The number of hydrogen-bond acceptors (Lipinski definition) is 4. The van der Waals surface area contributed by atoms with Crippen molar-refractivity contribution in [2.24, 2.45) is 0 Å². The Bertz CT molecular complexity index is 915. The maximum Gasteiger partial charge on any atom is 0.247 e. The lowest BCUT2D eigenvalue weighted by Gasteiger charge is -2.34. The monoisotopic (exact) mass is 394 g/mol. The van der Waals surface area contributed by atoms with Crippen molar-refractivity contribution in [3.05, 3.63) is 58.9 Å². The number of rotatable bonds is 3. The van der Waals surface area contributed by atoms with Crippen LogP contribution in [0.1, 0.15) is 35.4 Å². The normalized spacial score (nSPS) is 25.9. The first kappa shape index (κ1) is 18.6. The number of halogens is 1. The van der Waals surface area contributed by atoms with Crippen LogP contribution < -0.4 is 16.0 Å². The minimum absolute atomic E-state index is 0.121. The Kier molecular flexibility index (Phi) is 4.76. The number of carbonyl (C=O) groups is 1. The van der Waals surface area contributed by atoms with Crippen molar-refractivity contribution >= 4 is 17.3 Å². The number of amides is 1. The molecule has 3 unspecified atom stereocenters. The Morgan fingerprint density at radius 3 is 3.00 bits per heavy atom. The third kappa shape index (κ3) is 3.51. The lowest BCUT2D eigenvalue weighted by molar-refractivity contribution is -0.116. The quantitative estimate of drug-likeness (QED) is 0.748. The van der Waals surface area contributed by atoms with Crippen molar-refractivity contribution in [1.82, 2.24) is 10.2 Å². The Labute approximate surface area is 170 Å². The summed E-state index contributed by atoms with van der Waals surface area (Å²) in [6.07, 6.45) is 2.77. The summed E-state index contributed by atoms with van der Waals surface area (Å²) in [5.41, 5.74) is 4.41. The molecule has 2 fully saturated rings. The summed E-state index contributed by atoms with van der Waals surface area (Å²) < 4.78 is 14.1. The molecule has 2 aromatic rings. The first-order chi connectivity index (χ1) is 14.1. The fourth-order valence-corrected chi connectivity index (χ4v) is 5.00. The minimum atomic E-state index is -0.449. The van der Waals surface area contributed by atoms with Gasteiger partial charge in [0.25, 0.3) is 0 Å². The van der Waals surface area contributed by atoms with Gasteiger partial charge in [-0.25, -0.2) is 4.39 Å². The predicted molar refractivity (Wildman–Crippen MR) is 113 cm³/mol. The Morgan fingerprint density at radius 1 is 1.24 bits per heavy atom. The Hall–Kier alpha value is -2.44. The molecule has 1 amide bonds. The molecule has 3 aliphatic heterocycles. The number of anilines is 2. The molecule has 3 heterocycles. The standard InChI is InChI=1S/C23H27FN4O/c1-14-5-8-20(24)19-10-21(27-22(14)19)23(29)26-17-4-2-3-15(9-17)16-6-7-18-11-25-13-28(18)12-16/h2-5,8-9,16,18,21,25,27H,6-7,10-13H2,1H3,(H,26,29). The number of nitrogens with zero attached hydrogens (tertiary/aromatic N) is 1. The van der Waals surface area contributed by atoms with Gasteiger partial charge in [-0.1, -0.05) is 18.2 Å². The molecular formula is C23H27FN4O. The van der Waals surface area contributed by atoms with Gasteiger partial charge in [-0.3, -0.25) is 9.69 Å². The van der Waals surface area contributed by atoms with Crippen LogP contribution >= 0.6 is 0 Å². The SMILES string of the molecule is Cc1ccc(F)c2c1NC(C(=O)Nc1cccc(C3CCC4CNCN4C3)c1)C2. The largest absolute Gasteiger partial charge is 0.373 e. The van der Waals surface area contributed by atoms with E-state index in [2.05, 4.69) is 33.0 Å². The van der Waals surface area contributed by atoms with Crippen LogP contribution in [0.4, 0.5) is 15.8 Å². The first-order valence-electron chi connectivity index (χ1n) is 10.5. The summed E-state index contributed by atoms with van der Waals surface area (Å²) >= 11 is 0. The number of hydrogen-bond donors (Lipinski definition) is 3. The molecule has 0 spiro atoms. The van der Waals surface area contributed by atoms with Crippen LogP contribution in [0, 0.1) is 12.7 Å². The van der Waals surface area contributed by atoms with Gasteiger partial charge in [0.15, 0.2) is 0 Å². The van der Waals surface area contributed by atoms with Gasteiger partial charge in [0.05, 0.1) is 0 Å². The predicted octanol–water partition coefficient (Wildman–Crippen LogP) is 3.22. The van der Waals surface area contributed by atoms with E-state index in [1.165, 1.54) is 24.5 Å². The van der Waals surface area contributed by atoms with Crippen LogP contribution in [-0.2, 0) is 11.2 Å². The van der Waals surface area contributed by atoms with Gasteiger partial charge in [-0.2, -0.15) is 0 Å². The van der Waals surface area contributed by atoms with Gasteiger partial charge in [0.2, 0.25) is 5.91 Å². The molecule has 0 saturated carbocycles. The smallest absolute Gasteiger partial charge is 0.247 e. The fourth-order valence-electron chi connectivity index (χ4n) is 5.00. The van der Waals surface area contributed by atoms with E-state index >= 15 is 0 Å². The summed E-state index contributed by atoms with van der Waals surface area (Å²) in [4.78, 5) is 15.4. The molecule has 0 bridgehead atoms. The van der Waals surface area contributed by atoms with Gasteiger partial charge in [0, 0.05) is 49.2 Å². The van der Waals surface area contributed by atoms with E-state index in [0.29, 0.717) is 23.9 Å². The third-order valence-corrected chi connectivity index (χ3v) is 6.65. The van der Waals surface area contributed by atoms with E-state index in [4.69, 9.17) is 0 Å². The van der Waals surface area contributed by atoms with Crippen LogP contribution in [0.3, 0.4) is 0 Å². The summed E-state index contributed by atoms with van der Waals surface area (Å²) in [6.45, 7) is 5.06. The Morgan fingerprint density at radius 2 is 2.14 bits per heavy atom. The number of fused-ring (bicyclic) bond motifs is 2. The van der Waals surface area contributed by atoms with Gasteiger partial charge >= 0.3 is 0 Å². The van der Waals surface area contributed by atoms with E-state index in [1.54, 1.807) is 6.07 Å². The average molecular weight is 394 g/mol. The lowest BCUT2D eigenvalue weighted by atomic mass is 9.88. The molecule has 3 atom stereocenters. The van der Waals surface area contributed by atoms with Gasteiger partial charge < -0.3 is 16.0 Å². The molecule has 29 heavy (non-hydrogen) atoms. The van der Waals surface area contributed by atoms with Crippen LogP contribution in [0.25, 0.3) is 0 Å². The van der Waals surface area contributed by atoms with Crippen molar-refractivity contribution in [3.63, 3.8) is 0 Å². The molecule has 5 nitrogen and oxygen atoms in total. The van der Waals surface area contributed by atoms with E-state index < -0.39 is 6.04 Å². The summed E-state index contributed by atoms with van der Waals surface area (Å²) in [5, 5.41) is 9.69. The van der Waals surface area contributed by atoms with Crippen molar-refractivity contribution in [3.8, 4) is 0 Å². The van der Waals surface area contributed by atoms with Crippen molar-refractivity contribution in [1.29, 1.82) is 0 Å². The van der Waals surface area contributed by atoms with Crippen molar-refractivity contribution in [2.75, 3.05) is 30.4 Å². The van der Waals surface area contributed by atoms with Crippen LogP contribution in [0.2, 0.25) is 0 Å². The number of carbonyl (C=O) groups excluding carboxylic acids is 1. The number of benzene rings is 2. The number of aryl methyl sites for hydroxylation is 1. The van der Waals surface area contributed by atoms with E-state index in [-0.39, 0.29) is 11.7 Å². The zero-order valence-corrected chi connectivity index (χ0v) is 16.7. The molecule has 152 valence electrons. The highest BCUT2D eigenvalue weighted by Crippen LogP contribution is 2.33. The number of piperidine rings is 1. The zero-order chi connectivity index (χ0) is 20.0. The lowest BCUT2D eigenvalue weighted by Crippen LogP contribution is -2.39. The third-order valence-electron chi connectivity index (χ3n) is 6.65. The summed E-state index contributed by atoms with van der Waals surface area (Å²) in [5.74, 6) is 0.126. The number of nitrogens with one attached hydrogen (secondary N) is 3. The van der Waals surface area contributed by atoms with Crippen LogP contribution in [0.5, 0.6) is 0 Å². The molecule has 3 N–H and O–H groups in total. The molecule has 2 aromatic carbocycles. The molecule has 0 aromatic heterocycles. The van der Waals surface area contributed by atoms with Gasteiger partial charge in [0.1, 0.15) is 11.9 Å². The maximum atomic E-state index is 14.1. The Balaban J connectivity index is 1.27. The van der Waals surface area contributed by atoms with Gasteiger partial charge in [-0.15, -0.1) is 0 Å². The molecule has 3 aliphatic rings. The van der Waals surface area contributed by atoms with Crippen molar-refractivity contribution < 1.29 is 9.18 Å². The second kappa shape index (κ2) is 7.43. The second-order valence-electron chi connectivity index (χ2n) is 8.55. The summed E-state index contributed by atoms with van der Waals surface area (Å²) in [7, 11) is 0. The fraction of sp³-hybridized carbons (Fsp3) is 0.435. The highest BCUT2D eigenvalue weighted by Gasteiger charge is 2.33.